The number of aliphatic hydroxyl groups excluding tert-OH is 2. The summed E-state index contributed by atoms with van der Waals surface area (Å²) < 4.78 is 0. The molecule has 0 spiro atoms. The van der Waals surface area contributed by atoms with Crippen LogP contribution in [-0.4, -0.2) is 68.9 Å². The topological polar surface area (TPSA) is 115 Å². The van der Waals surface area contributed by atoms with Gasteiger partial charge in [0.15, 0.2) is 0 Å². The number of aliphatic hydroxyl groups is 2. The van der Waals surface area contributed by atoms with Crippen molar-refractivity contribution < 1.29 is 29.4 Å². The molecule has 2 aliphatic heterocycles. The van der Waals surface area contributed by atoms with Crippen LogP contribution in [0.25, 0.3) is 10.8 Å². The number of amides is 4. The predicted molar refractivity (Wildman–Crippen MR) is 117 cm³/mol. The van der Waals surface area contributed by atoms with Crippen molar-refractivity contribution in [1.29, 1.82) is 0 Å². The van der Waals surface area contributed by atoms with Crippen molar-refractivity contribution in [3.63, 3.8) is 0 Å². The molecular weight excluding hydrogens is 412 g/mol. The molecule has 0 aromatic heterocycles. The van der Waals surface area contributed by atoms with Gasteiger partial charge in [0.1, 0.15) is 0 Å². The fourth-order valence-corrected chi connectivity index (χ4v) is 4.68. The van der Waals surface area contributed by atoms with Gasteiger partial charge in [-0.3, -0.25) is 29.0 Å². The molecule has 8 nitrogen and oxygen atoms in total. The average molecular weight is 438 g/mol. The van der Waals surface area contributed by atoms with Gasteiger partial charge in [-0.25, -0.2) is 0 Å². The smallest absolute Gasteiger partial charge is 0.261 e. The molecule has 0 radical (unpaired) electrons. The van der Waals surface area contributed by atoms with Gasteiger partial charge < -0.3 is 10.2 Å². The molecule has 0 fully saturated rings. The molecule has 2 heterocycles. The zero-order valence-corrected chi connectivity index (χ0v) is 18.1. The van der Waals surface area contributed by atoms with E-state index in [0.29, 0.717) is 11.8 Å². The second-order valence-corrected chi connectivity index (χ2v) is 8.40. The normalized spacial score (nSPS) is 16.5. The van der Waals surface area contributed by atoms with E-state index >= 15 is 0 Å². The third kappa shape index (κ3) is 3.13. The van der Waals surface area contributed by atoms with Crippen LogP contribution >= 0.6 is 0 Å². The maximum atomic E-state index is 13.3. The van der Waals surface area contributed by atoms with Crippen molar-refractivity contribution >= 4 is 34.4 Å². The quantitative estimate of drug-likeness (QED) is 0.483. The van der Waals surface area contributed by atoms with Crippen molar-refractivity contribution in [2.24, 2.45) is 0 Å². The molecule has 0 bridgehead atoms. The Kier molecular flexibility index (Phi) is 5.83. The third-order valence-electron chi connectivity index (χ3n) is 6.41. The van der Waals surface area contributed by atoms with Gasteiger partial charge in [-0.1, -0.05) is 26.2 Å². The first kappa shape index (κ1) is 22.1. The van der Waals surface area contributed by atoms with E-state index in [4.69, 9.17) is 0 Å². The van der Waals surface area contributed by atoms with Gasteiger partial charge in [0.05, 0.1) is 19.3 Å². The highest BCUT2D eigenvalue weighted by atomic mass is 16.3. The monoisotopic (exact) mass is 438 g/mol. The van der Waals surface area contributed by atoms with E-state index in [2.05, 4.69) is 6.92 Å². The molecule has 8 heteroatoms. The summed E-state index contributed by atoms with van der Waals surface area (Å²) in [5.74, 6) is -2.20. The summed E-state index contributed by atoms with van der Waals surface area (Å²) in [6.07, 6.45) is 3.66. The highest BCUT2D eigenvalue weighted by molar-refractivity contribution is 6.33. The maximum Gasteiger partial charge on any atom is 0.261 e. The van der Waals surface area contributed by atoms with Gasteiger partial charge >= 0.3 is 0 Å². The first-order valence-electron chi connectivity index (χ1n) is 10.9. The van der Waals surface area contributed by atoms with Crippen molar-refractivity contribution in [2.75, 3.05) is 13.2 Å². The number of carbonyl (C=O) groups is 4. The zero-order valence-electron chi connectivity index (χ0n) is 18.1. The lowest BCUT2D eigenvalue weighted by Crippen LogP contribution is -2.51. The fraction of sp³-hybridized carbons (Fsp3) is 0.417. The molecule has 2 aromatic carbocycles. The molecule has 2 aromatic rings. The Morgan fingerprint density at radius 3 is 1.50 bits per heavy atom. The van der Waals surface area contributed by atoms with Gasteiger partial charge in [-0.15, -0.1) is 0 Å². The minimum Gasteiger partial charge on any atom is -0.394 e. The van der Waals surface area contributed by atoms with Crippen LogP contribution < -0.4 is 0 Å². The Hall–Kier alpha value is -3.10. The van der Waals surface area contributed by atoms with Crippen LogP contribution in [-0.2, 0) is 0 Å². The largest absolute Gasteiger partial charge is 0.394 e. The van der Waals surface area contributed by atoms with Crippen LogP contribution in [0, 0.1) is 0 Å². The van der Waals surface area contributed by atoms with Crippen LogP contribution in [0.15, 0.2) is 24.3 Å². The van der Waals surface area contributed by atoms with E-state index in [1.807, 2.05) is 6.92 Å². The first-order chi connectivity index (χ1) is 15.4. The number of imide groups is 2. The number of unbranched alkanes of at least 4 members (excludes halogenated alkanes) is 2. The molecule has 2 aliphatic rings. The molecule has 32 heavy (non-hydrogen) atoms. The highest BCUT2D eigenvalue weighted by Crippen LogP contribution is 2.39. The number of hydrogen-bond donors (Lipinski definition) is 2. The standard InChI is InChI=1S/C24H26N2O6/c1-3-4-5-6-13(2)25-21(29)15-7-9-17-20-18(10-8-16(19(15)20)22(25)30)24(32)26(23(17)31)14(11-27)12-28/h7-10,13-14,27-28H,3-6,11-12H2,1-2H3. The second-order valence-electron chi connectivity index (χ2n) is 8.40. The molecular formula is C24H26N2O6. The summed E-state index contributed by atoms with van der Waals surface area (Å²) in [6, 6.07) is 4.64. The number of rotatable bonds is 8. The Labute approximate surface area is 185 Å². The van der Waals surface area contributed by atoms with E-state index < -0.39 is 42.9 Å². The van der Waals surface area contributed by atoms with E-state index in [0.717, 1.165) is 24.2 Å². The molecule has 2 N–H and O–H groups in total. The summed E-state index contributed by atoms with van der Waals surface area (Å²) in [4.78, 5) is 54.9. The SMILES string of the molecule is CCCCCC(C)N1C(=O)c2ccc3c4c(ccc(c24)C1=O)C(=O)N(C(CO)CO)C3=O. The van der Waals surface area contributed by atoms with Crippen molar-refractivity contribution in [3.05, 3.63) is 46.5 Å². The Balaban J connectivity index is 1.84. The average Bonchev–Trinajstić information content (AvgIpc) is 2.79. The van der Waals surface area contributed by atoms with Crippen LogP contribution in [0.2, 0.25) is 0 Å². The third-order valence-corrected chi connectivity index (χ3v) is 6.41. The van der Waals surface area contributed by atoms with E-state index in [9.17, 15) is 29.4 Å². The predicted octanol–water partition coefficient (Wildman–Crippen LogP) is 2.35. The molecule has 168 valence electrons. The zero-order chi connectivity index (χ0) is 23.2. The lowest BCUT2D eigenvalue weighted by atomic mass is 9.85. The minimum atomic E-state index is -1.08. The van der Waals surface area contributed by atoms with Gasteiger partial charge in [0.2, 0.25) is 0 Å². The Morgan fingerprint density at radius 2 is 1.12 bits per heavy atom. The second kappa shape index (κ2) is 8.44. The Bertz CT molecular complexity index is 1070. The fourth-order valence-electron chi connectivity index (χ4n) is 4.68. The van der Waals surface area contributed by atoms with E-state index in [1.54, 1.807) is 0 Å². The van der Waals surface area contributed by atoms with Crippen LogP contribution in [0.1, 0.15) is 81.0 Å². The number of carbonyl (C=O) groups excluding carboxylic acids is 4. The van der Waals surface area contributed by atoms with E-state index in [-0.39, 0.29) is 33.7 Å². The Morgan fingerprint density at radius 1 is 0.719 bits per heavy atom. The van der Waals surface area contributed by atoms with Gasteiger partial charge in [0.25, 0.3) is 23.6 Å². The summed E-state index contributed by atoms with van der Waals surface area (Å²) in [5.41, 5.74) is 0.907. The van der Waals surface area contributed by atoms with Gasteiger partial charge in [0, 0.05) is 39.1 Å². The van der Waals surface area contributed by atoms with Crippen LogP contribution in [0.4, 0.5) is 0 Å². The first-order valence-corrected chi connectivity index (χ1v) is 10.9. The van der Waals surface area contributed by atoms with Crippen LogP contribution in [0.5, 0.6) is 0 Å². The number of hydrogen-bond acceptors (Lipinski definition) is 6. The van der Waals surface area contributed by atoms with Gasteiger partial charge in [-0.05, 0) is 37.6 Å². The summed E-state index contributed by atoms with van der Waals surface area (Å²) >= 11 is 0. The number of nitrogens with zero attached hydrogens (tertiary/aromatic N) is 2. The lowest BCUT2D eigenvalue weighted by molar-refractivity contribution is 0.0373. The maximum absolute atomic E-state index is 13.3. The molecule has 0 saturated carbocycles. The highest BCUT2D eigenvalue weighted by Gasteiger charge is 2.42. The van der Waals surface area contributed by atoms with Crippen LogP contribution in [0.3, 0.4) is 0 Å². The minimum absolute atomic E-state index is 0.164. The summed E-state index contributed by atoms with van der Waals surface area (Å²) in [6.45, 7) is 2.79. The van der Waals surface area contributed by atoms with Crippen molar-refractivity contribution in [1.82, 2.24) is 9.80 Å². The van der Waals surface area contributed by atoms with Crippen molar-refractivity contribution in [3.8, 4) is 0 Å². The molecule has 0 aliphatic carbocycles. The van der Waals surface area contributed by atoms with E-state index in [1.165, 1.54) is 29.2 Å². The molecule has 4 amide bonds. The molecule has 4 rings (SSSR count). The summed E-state index contributed by atoms with van der Waals surface area (Å²) in [5, 5.41) is 19.6. The molecule has 0 saturated heterocycles. The lowest BCUT2D eigenvalue weighted by Gasteiger charge is -2.35. The van der Waals surface area contributed by atoms with Crippen molar-refractivity contribution in [2.45, 2.75) is 51.6 Å². The molecule has 1 unspecified atom stereocenters. The molecule has 1 atom stereocenters. The number of benzene rings is 2. The summed E-state index contributed by atoms with van der Waals surface area (Å²) in [7, 11) is 0. The van der Waals surface area contributed by atoms with Gasteiger partial charge in [-0.2, -0.15) is 0 Å².